The zero-order valence-corrected chi connectivity index (χ0v) is 18.3. The predicted octanol–water partition coefficient (Wildman–Crippen LogP) is 4.26. The van der Waals surface area contributed by atoms with Crippen LogP contribution < -0.4 is 9.64 Å². The van der Waals surface area contributed by atoms with E-state index < -0.39 is 0 Å². The van der Waals surface area contributed by atoms with Crippen LogP contribution >= 0.6 is 0 Å². The van der Waals surface area contributed by atoms with Gasteiger partial charge in [-0.05, 0) is 61.8 Å². The number of benzene rings is 1. The van der Waals surface area contributed by atoms with Gasteiger partial charge in [0.25, 0.3) is 5.91 Å². The fraction of sp³-hybridized carbons (Fsp3) is 0.542. The van der Waals surface area contributed by atoms with Crippen LogP contribution in [0.1, 0.15) is 49.9 Å². The van der Waals surface area contributed by atoms with Crippen LogP contribution in [0.25, 0.3) is 11.4 Å². The molecule has 2 aliphatic rings. The molecule has 1 aromatic heterocycles. The number of anilines is 1. The fourth-order valence-corrected chi connectivity index (χ4v) is 4.25. The zero-order valence-electron chi connectivity index (χ0n) is 18.3. The number of amides is 1. The number of nitrogens with zero attached hydrogens (tertiary/aromatic N) is 4. The third-order valence-corrected chi connectivity index (χ3v) is 6.50. The van der Waals surface area contributed by atoms with Crippen molar-refractivity contribution in [2.75, 3.05) is 38.2 Å². The van der Waals surface area contributed by atoms with Crippen molar-refractivity contribution in [3.05, 3.63) is 36.0 Å². The van der Waals surface area contributed by atoms with Crippen molar-refractivity contribution in [1.82, 2.24) is 14.9 Å². The topological polar surface area (TPSA) is 58.6 Å². The Hall–Kier alpha value is -2.63. The Kier molecular flexibility index (Phi) is 6.21. The van der Waals surface area contributed by atoms with Crippen LogP contribution in [-0.2, 0) is 0 Å². The van der Waals surface area contributed by atoms with Crippen molar-refractivity contribution >= 4 is 11.7 Å². The Morgan fingerprint density at radius 1 is 0.967 bits per heavy atom. The van der Waals surface area contributed by atoms with Crippen molar-refractivity contribution in [1.29, 1.82) is 0 Å². The van der Waals surface area contributed by atoms with Crippen molar-refractivity contribution in [3.63, 3.8) is 0 Å². The first kappa shape index (κ1) is 20.6. The maximum atomic E-state index is 13.4. The quantitative estimate of drug-likeness (QED) is 0.757. The number of aromatic nitrogens is 2. The highest BCUT2D eigenvalue weighted by Gasteiger charge is 2.28. The number of carbonyl (C=O) groups excluding carboxylic acids is 1. The van der Waals surface area contributed by atoms with Gasteiger partial charge < -0.3 is 14.5 Å². The van der Waals surface area contributed by atoms with Crippen LogP contribution in [0.4, 0.5) is 5.82 Å². The van der Waals surface area contributed by atoms with E-state index in [2.05, 4.69) is 23.7 Å². The van der Waals surface area contributed by atoms with Crippen LogP contribution in [0.2, 0.25) is 0 Å². The van der Waals surface area contributed by atoms with Gasteiger partial charge in [0.05, 0.1) is 7.11 Å². The van der Waals surface area contributed by atoms with Gasteiger partial charge in [-0.15, -0.1) is 0 Å². The number of rotatable bonds is 4. The molecule has 0 atom stereocenters. The molecule has 0 spiro atoms. The van der Waals surface area contributed by atoms with E-state index in [-0.39, 0.29) is 5.91 Å². The number of hydrogen-bond acceptors (Lipinski definition) is 5. The van der Waals surface area contributed by atoms with E-state index in [1.54, 1.807) is 13.3 Å². The van der Waals surface area contributed by atoms with Gasteiger partial charge in [-0.2, -0.15) is 0 Å². The second-order valence-electron chi connectivity index (χ2n) is 8.80. The van der Waals surface area contributed by atoms with Crippen LogP contribution in [0.3, 0.4) is 0 Å². The first-order valence-corrected chi connectivity index (χ1v) is 11.1. The number of likely N-dealkylation sites (tertiary alicyclic amines) is 1. The summed E-state index contributed by atoms with van der Waals surface area (Å²) in [5.41, 5.74) is 1.56. The number of carbonyl (C=O) groups is 1. The van der Waals surface area contributed by atoms with Crippen molar-refractivity contribution in [2.45, 2.75) is 39.5 Å². The van der Waals surface area contributed by atoms with E-state index in [1.807, 2.05) is 29.2 Å². The molecule has 2 saturated heterocycles. The van der Waals surface area contributed by atoms with E-state index >= 15 is 0 Å². The van der Waals surface area contributed by atoms with Crippen LogP contribution in [0.5, 0.6) is 5.75 Å². The maximum absolute atomic E-state index is 13.4. The molecule has 30 heavy (non-hydrogen) atoms. The van der Waals surface area contributed by atoms with E-state index in [4.69, 9.17) is 9.72 Å². The molecule has 0 aliphatic carbocycles. The van der Waals surface area contributed by atoms with Gasteiger partial charge in [-0.25, -0.2) is 9.97 Å². The van der Waals surface area contributed by atoms with Gasteiger partial charge in [-0.3, -0.25) is 4.79 Å². The standard InChI is InChI=1S/C24H32N4O2/c1-17-8-12-27(13-9-17)23-21(24(29)28-14-10-18(2)11-15-28)16-25-22(26-23)19-4-6-20(30-3)7-5-19/h4-7,16-18H,8-15H2,1-3H3. The second-order valence-corrected chi connectivity index (χ2v) is 8.80. The average molecular weight is 409 g/mol. The normalized spacial score (nSPS) is 18.5. The first-order chi connectivity index (χ1) is 14.5. The summed E-state index contributed by atoms with van der Waals surface area (Å²) in [6.07, 6.45) is 6.11. The minimum Gasteiger partial charge on any atom is -0.497 e. The molecule has 2 fully saturated rings. The molecule has 2 aliphatic heterocycles. The lowest BCUT2D eigenvalue weighted by Crippen LogP contribution is -2.40. The van der Waals surface area contributed by atoms with Crippen LogP contribution in [0.15, 0.2) is 30.5 Å². The number of piperidine rings is 2. The molecule has 6 heteroatoms. The second kappa shape index (κ2) is 9.02. The molecular formula is C24H32N4O2. The molecule has 0 bridgehead atoms. The molecule has 160 valence electrons. The lowest BCUT2D eigenvalue weighted by molar-refractivity contribution is 0.0697. The smallest absolute Gasteiger partial charge is 0.259 e. The molecule has 2 aromatic rings. The molecular weight excluding hydrogens is 376 g/mol. The summed E-state index contributed by atoms with van der Waals surface area (Å²) in [6, 6.07) is 7.75. The largest absolute Gasteiger partial charge is 0.497 e. The molecule has 0 unspecified atom stereocenters. The van der Waals surface area contributed by atoms with E-state index in [9.17, 15) is 4.79 Å². The third-order valence-electron chi connectivity index (χ3n) is 6.50. The van der Waals surface area contributed by atoms with Gasteiger partial charge in [0.1, 0.15) is 17.1 Å². The zero-order chi connectivity index (χ0) is 21.1. The molecule has 0 N–H and O–H groups in total. The first-order valence-electron chi connectivity index (χ1n) is 11.1. The van der Waals surface area contributed by atoms with E-state index in [0.717, 1.165) is 69.0 Å². The summed E-state index contributed by atoms with van der Waals surface area (Å²) in [4.78, 5) is 27.1. The maximum Gasteiger partial charge on any atom is 0.259 e. The van der Waals surface area contributed by atoms with Gasteiger partial charge in [0.2, 0.25) is 0 Å². The Morgan fingerprint density at radius 3 is 2.17 bits per heavy atom. The summed E-state index contributed by atoms with van der Waals surface area (Å²) in [6.45, 7) is 8.04. The van der Waals surface area contributed by atoms with Crippen LogP contribution in [0, 0.1) is 11.8 Å². The Morgan fingerprint density at radius 2 is 1.57 bits per heavy atom. The van der Waals surface area contributed by atoms with Gasteiger partial charge in [-0.1, -0.05) is 13.8 Å². The predicted molar refractivity (Wildman–Crippen MR) is 119 cm³/mol. The molecule has 4 rings (SSSR count). The summed E-state index contributed by atoms with van der Waals surface area (Å²) in [5, 5.41) is 0. The Balaban J connectivity index is 1.66. The molecule has 0 saturated carbocycles. The molecule has 3 heterocycles. The molecule has 1 amide bonds. The summed E-state index contributed by atoms with van der Waals surface area (Å²) in [7, 11) is 1.66. The monoisotopic (exact) mass is 408 g/mol. The van der Waals surface area contributed by atoms with E-state index in [1.165, 1.54) is 0 Å². The number of methoxy groups -OCH3 is 1. The number of hydrogen-bond donors (Lipinski definition) is 0. The van der Waals surface area contributed by atoms with Crippen molar-refractivity contribution < 1.29 is 9.53 Å². The highest BCUT2D eigenvalue weighted by molar-refractivity contribution is 5.99. The SMILES string of the molecule is COc1ccc(-c2ncc(C(=O)N3CCC(C)CC3)c(N3CCC(C)CC3)n2)cc1. The van der Waals surface area contributed by atoms with Crippen LogP contribution in [-0.4, -0.2) is 54.1 Å². The lowest BCUT2D eigenvalue weighted by atomic mass is 9.98. The third kappa shape index (κ3) is 4.42. The number of ether oxygens (including phenoxy) is 1. The highest BCUT2D eigenvalue weighted by atomic mass is 16.5. The van der Waals surface area contributed by atoms with Gasteiger partial charge in [0, 0.05) is 37.9 Å². The molecule has 1 aromatic carbocycles. The molecule has 6 nitrogen and oxygen atoms in total. The summed E-state index contributed by atoms with van der Waals surface area (Å²) in [5.74, 6) is 3.70. The van der Waals surface area contributed by atoms with Gasteiger partial charge >= 0.3 is 0 Å². The minimum atomic E-state index is 0.0665. The van der Waals surface area contributed by atoms with E-state index in [0.29, 0.717) is 23.2 Å². The Bertz CT molecular complexity index is 867. The lowest BCUT2D eigenvalue weighted by Gasteiger charge is -2.34. The fourth-order valence-electron chi connectivity index (χ4n) is 4.25. The highest BCUT2D eigenvalue weighted by Crippen LogP contribution is 2.29. The summed E-state index contributed by atoms with van der Waals surface area (Å²) < 4.78 is 5.26. The van der Waals surface area contributed by atoms with Crippen molar-refractivity contribution in [2.24, 2.45) is 11.8 Å². The van der Waals surface area contributed by atoms with Gasteiger partial charge in [0.15, 0.2) is 5.82 Å². The van der Waals surface area contributed by atoms with Crippen molar-refractivity contribution in [3.8, 4) is 17.1 Å². The summed E-state index contributed by atoms with van der Waals surface area (Å²) >= 11 is 0. The Labute approximate surface area is 179 Å². The average Bonchev–Trinajstić information content (AvgIpc) is 2.79. The minimum absolute atomic E-state index is 0.0665. The molecule has 0 radical (unpaired) electrons.